The van der Waals surface area contributed by atoms with Gasteiger partial charge in [-0.1, -0.05) is 39.2 Å². The number of ketones is 1. The predicted molar refractivity (Wildman–Crippen MR) is 87.3 cm³/mol. The molecule has 1 rings (SSSR count). The largest absolute Gasteiger partial charge is 0.394 e. The highest BCUT2D eigenvalue weighted by Crippen LogP contribution is 2.23. The molecule has 0 aromatic heterocycles. The fraction of sp³-hybridized carbons (Fsp3) is 0.706. The Morgan fingerprint density at radius 3 is 2.45 bits per heavy atom. The van der Waals surface area contributed by atoms with Gasteiger partial charge in [0.2, 0.25) is 0 Å². The molecule has 0 amide bonds. The molecule has 0 aromatic rings. The van der Waals surface area contributed by atoms with Gasteiger partial charge < -0.3 is 11.1 Å². The van der Waals surface area contributed by atoms with E-state index in [0.717, 1.165) is 18.2 Å². The zero-order valence-corrected chi connectivity index (χ0v) is 13.5. The summed E-state index contributed by atoms with van der Waals surface area (Å²) in [5.41, 5.74) is 7.06. The van der Waals surface area contributed by atoms with Crippen LogP contribution in [0.1, 0.15) is 65.7 Å². The van der Waals surface area contributed by atoms with Gasteiger partial charge in [0.05, 0.1) is 5.70 Å². The summed E-state index contributed by atoms with van der Waals surface area (Å²) < 4.78 is 0. The van der Waals surface area contributed by atoms with Crippen molar-refractivity contribution in [2.75, 3.05) is 6.54 Å². The first-order valence-corrected chi connectivity index (χ1v) is 7.99. The van der Waals surface area contributed by atoms with Crippen molar-refractivity contribution >= 4 is 5.78 Å². The molecule has 0 radical (unpaired) electrons. The minimum absolute atomic E-state index is 0.0172. The molecule has 116 valence electrons. The molecule has 0 aliphatic heterocycles. The van der Waals surface area contributed by atoms with Crippen LogP contribution in [0.3, 0.4) is 0 Å². The second kappa shape index (κ2) is 11.6. The van der Waals surface area contributed by atoms with Crippen molar-refractivity contribution in [1.82, 2.24) is 5.32 Å². The molecule has 1 aliphatic rings. The molecule has 0 atom stereocenters. The van der Waals surface area contributed by atoms with Crippen LogP contribution in [0.5, 0.6) is 0 Å². The van der Waals surface area contributed by atoms with Crippen LogP contribution in [-0.2, 0) is 4.79 Å². The SMILES string of the molecule is C=CCCC(=O)/C(N)=C(\C)NCC1CCCCC1.CC. The van der Waals surface area contributed by atoms with E-state index >= 15 is 0 Å². The number of rotatable bonds is 7. The summed E-state index contributed by atoms with van der Waals surface area (Å²) in [6.07, 6.45) is 9.53. The summed E-state index contributed by atoms with van der Waals surface area (Å²) in [6.45, 7) is 10.4. The van der Waals surface area contributed by atoms with Gasteiger partial charge >= 0.3 is 0 Å². The van der Waals surface area contributed by atoms with Crippen LogP contribution >= 0.6 is 0 Å². The van der Waals surface area contributed by atoms with Crippen LogP contribution < -0.4 is 11.1 Å². The van der Waals surface area contributed by atoms with Crippen molar-refractivity contribution in [3.63, 3.8) is 0 Å². The number of allylic oxidation sites excluding steroid dienone is 3. The van der Waals surface area contributed by atoms with Crippen LogP contribution in [0.4, 0.5) is 0 Å². The van der Waals surface area contributed by atoms with E-state index in [9.17, 15) is 4.79 Å². The van der Waals surface area contributed by atoms with Crippen molar-refractivity contribution < 1.29 is 4.79 Å². The molecule has 3 N–H and O–H groups in total. The van der Waals surface area contributed by atoms with Crippen LogP contribution in [0.25, 0.3) is 0 Å². The molecule has 1 saturated carbocycles. The number of Topliss-reactive ketones (excluding diaryl/α,β-unsaturated/α-hetero) is 1. The molecule has 1 aliphatic carbocycles. The number of nitrogens with one attached hydrogen (secondary N) is 1. The second-order valence-corrected chi connectivity index (χ2v) is 5.17. The summed E-state index contributed by atoms with van der Waals surface area (Å²) in [7, 11) is 0. The number of nitrogens with two attached hydrogens (primary N) is 1. The van der Waals surface area contributed by atoms with Gasteiger partial charge in [0.25, 0.3) is 0 Å². The highest BCUT2D eigenvalue weighted by molar-refractivity contribution is 5.95. The standard InChI is InChI=1S/C15H26N2O.C2H6/c1-3-4-10-14(18)15(16)12(2)17-11-13-8-6-5-7-9-13;1-2/h3,13,17H,1,4-11,16H2,2H3;1-2H3/b15-12-;. The van der Waals surface area contributed by atoms with Crippen molar-refractivity contribution in [3.8, 4) is 0 Å². The van der Waals surface area contributed by atoms with E-state index in [1.807, 2.05) is 20.8 Å². The molecule has 0 aromatic carbocycles. The minimum atomic E-state index is 0.0172. The highest BCUT2D eigenvalue weighted by Gasteiger charge is 2.14. The molecule has 1 fully saturated rings. The maximum absolute atomic E-state index is 11.7. The van der Waals surface area contributed by atoms with Crippen LogP contribution in [0.15, 0.2) is 24.0 Å². The normalized spacial score (nSPS) is 16.6. The Kier molecular flexibility index (Phi) is 10.8. The van der Waals surface area contributed by atoms with Gasteiger partial charge in [0.1, 0.15) is 0 Å². The first-order valence-electron chi connectivity index (χ1n) is 7.99. The second-order valence-electron chi connectivity index (χ2n) is 5.17. The van der Waals surface area contributed by atoms with Gasteiger partial charge in [-0.3, -0.25) is 4.79 Å². The first kappa shape index (κ1) is 18.8. The third kappa shape index (κ3) is 7.37. The minimum Gasteiger partial charge on any atom is -0.394 e. The smallest absolute Gasteiger partial charge is 0.180 e. The highest BCUT2D eigenvalue weighted by atomic mass is 16.1. The molecule has 3 nitrogen and oxygen atoms in total. The fourth-order valence-electron chi connectivity index (χ4n) is 2.36. The van der Waals surface area contributed by atoms with Crippen molar-refractivity contribution in [2.24, 2.45) is 11.7 Å². The van der Waals surface area contributed by atoms with E-state index < -0.39 is 0 Å². The molecular formula is C17H32N2O. The average Bonchev–Trinajstić information content (AvgIpc) is 2.52. The maximum atomic E-state index is 11.7. The lowest BCUT2D eigenvalue weighted by molar-refractivity contribution is -0.115. The molecule has 3 heteroatoms. The van der Waals surface area contributed by atoms with Crippen molar-refractivity contribution in [2.45, 2.75) is 65.7 Å². The van der Waals surface area contributed by atoms with Gasteiger partial charge in [-0.05, 0) is 32.1 Å². The lowest BCUT2D eigenvalue weighted by atomic mass is 9.89. The average molecular weight is 280 g/mol. The van der Waals surface area contributed by atoms with E-state index in [0.29, 0.717) is 18.5 Å². The van der Waals surface area contributed by atoms with Gasteiger partial charge in [-0.15, -0.1) is 6.58 Å². The number of carbonyl (C=O) groups excluding carboxylic acids is 1. The summed E-state index contributed by atoms with van der Waals surface area (Å²) >= 11 is 0. The Morgan fingerprint density at radius 2 is 1.90 bits per heavy atom. The van der Waals surface area contributed by atoms with E-state index in [-0.39, 0.29) is 5.78 Å². The third-order valence-electron chi connectivity index (χ3n) is 3.66. The summed E-state index contributed by atoms with van der Waals surface area (Å²) in [4.78, 5) is 11.7. The fourth-order valence-corrected chi connectivity index (χ4v) is 2.36. The lowest BCUT2D eigenvalue weighted by Crippen LogP contribution is -2.27. The summed E-state index contributed by atoms with van der Waals surface area (Å²) in [5.74, 6) is 0.758. The number of hydrogen-bond acceptors (Lipinski definition) is 3. The monoisotopic (exact) mass is 280 g/mol. The number of hydrogen-bond donors (Lipinski definition) is 2. The quantitative estimate of drug-likeness (QED) is 0.549. The van der Waals surface area contributed by atoms with Crippen LogP contribution in [0, 0.1) is 5.92 Å². The molecular weight excluding hydrogens is 248 g/mol. The Labute approximate surface area is 124 Å². The van der Waals surface area contributed by atoms with Crippen LogP contribution in [0.2, 0.25) is 0 Å². The maximum Gasteiger partial charge on any atom is 0.180 e. The van der Waals surface area contributed by atoms with Crippen LogP contribution in [-0.4, -0.2) is 12.3 Å². The Morgan fingerprint density at radius 1 is 1.30 bits per heavy atom. The molecule has 20 heavy (non-hydrogen) atoms. The van der Waals surface area contributed by atoms with Gasteiger partial charge in [0, 0.05) is 18.7 Å². The Balaban J connectivity index is 0.00000172. The summed E-state index contributed by atoms with van der Waals surface area (Å²) in [5, 5.41) is 3.32. The van der Waals surface area contributed by atoms with E-state index in [2.05, 4.69) is 11.9 Å². The lowest BCUT2D eigenvalue weighted by Gasteiger charge is -2.22. The molecule has 0 heterocycles. The molecule has 0 bridgehead atoms. The Hall–Kier alpha value is -1.25. The van der Waals surface area contributed by atoms with Crippen molar-refractivity contribution in [1.29, 1.82) is 0 Å². The van der Waals surface area contributed by atoms with E-state index in [4.69, 9.17) is 5.73 Å². The van der Waals surface area contributed by atoms with Gasteiger partial charge in [0.15, 0.2) is 5.78 Å². The zero-order valence-electron chi connectivity index (χ0n) is 13.5. The zero-order chi connectivity index (χ0) is 15.4. The molecule has 0 unspecified atom stereocenters. The predicted octanol–water partition coefficient (Wildman–Crippen LogP) is 3.91. The summed E-state index contributed by atoms with van der Waals surface area (Å²) in [6, 6.07) is 0. The first-order chi connectivity index (χ1) is 9.65. The van der Waals surface area contributed by atoms with E-state index in [1.165, 1.54) is 32.1 Å². The third-order valence-corrected chi connectivity index (χ3v) is 3.66. The topological polar surface area (TPSA) is 55.1 Å². The van der Waals surface area contributed by atoms with E-state index in [1.54, 1.807) is 6.08 Å². The van der Waals surface area contributed by atoms with Gasteiger partial charge in [-0.2, -0.15) is 0 Å². The number of carbonyl (C=O) groups is 1. The molecule has 0 saturated heterocycles. The van der Waals surface area contributed by atoms with Gasteiger partial charge in [-0.25, -0.2) is 0 Å². The van der Waals surface area contributed by atoms with Crippen molar-refractivity contribution in [3.05, 3.63) is 24.0 Å². The molecule has 0 spiro atoms. The Bertz CT molecular complexity index is 315.